The smallest absolute Gasteiger partial charge is 0.228 e. The van der Waals surface area contributed by atoms with Gasteiger partial charge in [0, 0.05) is 25.2 Å². The molecular weight excluding hydrogens is 228 g/mol. The zero-order valence-electron chi connectivity index (χ0n) is 10.4. The Morgan fingerprint density at radius 3 is 3.11 bits per heavy atom. The summed E-state index contributed by atoms with van der Waals surface area (Å²) in [7, 11) is 0. The van der Waals surface area contributed by atoms with Crippen LogP contribution in [0, 0.1) is 6.92 Å². The topological polar surface area (TPSA) is 63.8 Å². The summed E-state index contributed by atoms with van der Waals surface area (Å²) in [5.74, 6) is 1.25. The number of hydrogen-bond donors (Lipinski definition) is 1. The van der Waals surface area contributed by atoms with Crippen molar-refractivity contribution in [3.8, 4) is 11.5 Å². The van der Waals surface area contributed by atoms with Gasteiger partial charge in [-0.15, -0.1) is 0 Å². The maximum atomic E-state index is 5.24. The van der Waals surface area contributed by atoms with Crippen LogP contribution in [0.3, 0.4) is 0 Å². The lowest BCUT2D eigenvalue weighted by molar-refractivity contribution is 0.376. The molecule has 5 heteroatoms. The van der Waals surface area contributed by atoms with Crippen molar-refractivity contribution in [1.29, 1.82) is 0 Å². The second kappa shape index (κ2) is 4.86. The Bertz CT molecular complexity index is 533. The van der Waals surface area contributed by atoms with Crippen LogP contribution in [0.15, 0.2) is 22.9 Å². The third-order valence-corrected chi connectivity index (χ3v) is 3.04. The average molecular weight is 244 g/mol. The molecule has 0 amide bonds. The molecule has 0 bridgehead atoms. The summed E-state index contributed by atoms with van der Waals surface area (Å²) in [6, 6.07) is 4.61. The lowest BCUT2D eigenvalue weighted by Gasteiger charge is -1.98. The molecule has 94 valence electrons. The van der Waals surface area contributed by atoms with E-state index in [1.54, 1.807) is 6.20 Å². The van der Waals surface area contributed by atoms with Gasteiger partial charge in [-0.05, 0) is 31.4 Å². The summed E-state index contributed by atoms with van der Waals surface area (Å²) in [4.78, 5) is 8.66. The first-order valence-corrected chi connectivity index (χ1v) is 6.31. The Kier molecular flexibility index (Phi) is 3.06. The van der Waals surface area contributed by atoms with Gasteiger partial charge in [0.15, 0.2) is 0 Å². The van der Waals surface area contributed by atoms with Gasteiger partial charge in [0.2, 0.25) is 11.7 Å². The van der Waals surface area contributed by atoms with Crippen molar-refractivity contribution < 1.29 is 4.52 Å². The molecule has 2 aromatic heterocycles. The summed E-state index contributed by atoms with van der Waals surface area (Å²) in [5, 5.41) is 7.41. The van der Waals surface area contributed by atoms with Gasteiger partial charge in [0.05, 0.1) is 0 Å². The number of nitrogens with zero attached hydrogens (tertiary/aromatic N) is 3. The number of aryl methyl sites for hydroxylation is 1. The molecule has 0 saturated heterocycles. The predicted molar refractivity (Wildman–Crippen MR) is 67.0 cm³/mol. The van der Waals surface area contributed by atoms with E-state index in [1.165, 1.54) is 12.8 Å². The largest absolute Gasteiger partial charge is 0.339 e. The second-order valence-corrected chi connectivity index (χ2v) is 4.66. The Morgan fingerprint density at radius 2 is 2.33 bits per heavy atom. The quantitative estimate of drug-likeness (QED) is 0.867. The maximum absolute atomic E-state index is 5.24. The van der Waals surface area contributed by atoms with Crippen LogP contribution in [0.4, 0.5) is 0 Å². The van der Waals surface area contributed by atoms with E-state index in [1.807, 2.05) is 19.1 Å². The molecule has 2 heterocycles. The third kappa shape index (κ3) is 2.56. The highest BCUT2D eigenvalue weighted by molar-refractivity contribution is 5.52. The van der Waals surface area contributed by atoms with Crippen LogP contribution < -0.4 is 5.32 Å². The van der Waals surface area contributed by atoms with Gasteiger partial charge >= 0.3 is 0 Å². The SMILES string of the molecule is Cc1cccnc1-c1noc(CCNC2CC2)n1. The molecule has 1 fully saturated rings. The second-order valence-electron chi connectivity index (χ2n) is 4.66. The molecule has 2 aromatic rings. The number of aromatic nitrogens is 3. The lowest BCUT2D eigenvalue weighted by atomic mass is 10.2. The van der Waals surface area contributed by atoms with E-state index in [2.05, 4.69) is 20.4 Å². The molecule has 5 nitrogen and oxygen atoms in total. The fourth-order valence-corrected chi connectivity index (χ4v) is 1.84. The first-order chi connectivity index (χ1) is 8.83. The summed E-state index contributed by atoms with van der Waals surface area (Å²) >= 11 is 0. The highest BCUT2D eigenvalue weighted by Crippen LogP contribution is 2.19. The first kappa shape index (κ1) is 11.3. The van der Waals surface area contributed by atoms with Crippen molar-refractivity contribution in [3.63, 3.8) is 0 Å². The van der Waals surface area contributed by atoms with E-state index in [0.29, 0.717) is 17.8 Å². The normalized spacial score (nSPS) is 14.9. The molecule has 1 aliphatic carbocycles. The van der Waals surface area contributed by atoms with E-state index in [-0.39, 0.29) is 0 Å². The fourth-order valence-electron chi connectivity index (χ4n) is 1.84. The van der Waals surface area contributed by atoms with E-state index >= 15 is 0 Å². The van der Waals surface area contributed by atoms with Gasteiger partial charge in [0.1, 0.15) is 5.69 Å². The molecule has 3 rings (SSSR count). The van der Waals surface area contributed by atoms with E-state index in [4.69, 9.17) is 4.52 Å². The summed E-state index contributed by atoms with van der Waals surface area (Å²) in [6.07, 6.45) is 5.10. The zero-order valence-corrected chi connectivity index (χ0v) is 10.4. The molecular formula is C13H16N4O. The first-order valence-electron chi connectivity index (χ1n) is 6.31. The van der Waals surface area contributed by atoms with Crippen LogP contribution in [0.25, 0.3) is 11.5 Å². The molecule has 1 aliphatic rings. The highest BCUT2D eigenvalue weighted by Gasteiger charge is 2.20. The van der Waals surface area contributed by atoms with Gasteiger partial charge in [-0.2, -0.15) is 4.98 Å². The van der Waals surface area contributed by atoms with Gasteiger partial charge in [0.25, 0.3) is 0 Å². The van der Waals surface area contributed by atoms with Gasteiger partial charge in [-0.1, -0.05) is 11.2 Å². The van der Waals surface area contributed by atoms with E-state index < -0.39 is 0 Å². The van der Waals surface area contributed by atoms with Crippen LogP contribution in [0.5, 0.6) is 0 Å². The van der Waals surface area contributed by atoms with E-state index in [0.717, 1.165) is 24.2 Å². The number of rotatable bonds is 5. The van der Waals surface area contributed by atoms with Crippen molar-refractivity contribution in [1.82, 2.24) is 20.4 Å². The molecule has 0 aliphatic heterocycles. The third-order valence-electron chi connectivity index (χ3n) is 3.04. The molecule has 18 heavy (non-hydrogen) atoms. The minimum atomic E-state index is 0.578. The highest BCUT2D eigenvalue weighted by atomic mass is 16.5. The molecule has 0 spiro atoms. The van der Waals surface area contributed by atoms with Crippen LogP contribution in [-0.4, -0.2) is 27.7 Å². The van der Waals surface area contributed by atoms with Crippen LogP contribution >= 0.6 is 0 Å². The molecule has 0 radical (unpaired) electrons. The van der Waals surface area contributed by atoms with Crippen molar-refractivity contribution >= 4 is 0 Å². The summed E-state index contributed by atoms with van der Waals surface area (Å²) in [6.45, 7) is 2.89. The number of pyridine rings is 1. The number of hydrogen-bond acceptors (Lipinski definition) is 5. The summed E-state index contributed by atoms with van der Waals surface area (Å²) < 4.78 is 5.24. The van der Waals surface area contributed by atoms with Crippen molar-refractivity contribution in [2.75, 3.05) is 6.54 Å². The van der Waals surface area contributed by atoms with E-state index in [9.17, 15) is 0 Å². The molecule has 0 aromatic carbocycles. The monoisotopic (exact) mass is 244 g/mol. The van der Waals surface area contributed by atoms with Crippen molar-refractivity contribution in [2.24, 2.45) is 0 Å². The van der Waals surface area contributed by atoms with Crippen molar-refractivity contribution in [2.45, 2.75) is 32.2 Å². The summed E-state index contributed by atoms with van der Waals surface area (Å²) in [5.41, 5.74) is 1.85. The Labute approximate surface area is 106 Å². The molecule has 0 atom stereocenters. The molecule has 0 unspecified atom stereocenters. The van der Waals surface area contributed by atoms with Crippen LogP contribution in [0.2, 0.25) is 0 Å². The van der Waals surface area contributed by atoms with Gasteiger partial charge in [-0.25, -0.2) is 0 Å². The fraction of sp³-hybridized carbons (Fsp3) is 0.462. The Morgan fingerprint density at radius 1 is 1.44 bits per heavy atom. The maximum Gasteiger partial charge on any atom is 0.228 e. The molecule has 1 saturated carbocycles. The minimum absolute atomic E-state index is 0.578. The van der Waals surface area contributed by atoms with Crippen LogP contribution in [-0.2, 0) is 6.42 Å². The van der Waals surface area contributed by atoms with Gasteiger partial charge in [-0.3, -0.25) is 4.98 Å². The minimum Gasteiger partial charge on any atom is -0.339 e. The average Bonchev–Trinajstić information content (AvgIpc) is 3.08. The number of nitrogens with one attached hydrogen (secondary N) is 1. The zero-order chi connectivity index (χ0) is 12.4. The lowest BCUT2D eigenvalue weighted by Crippen LogP contribution is -2.19. The Hall–Kier alpha value is -1.75. The Balaban J connectivity index is 1.66. The standard InChI is InChI=1S/C13H16N4O/c1-9-3-2-7-15-12(9)13-16-11(18-17-13)6-8-14-10-4-5-10/h2-3,7,10,14H,4-6,8H2,1H3. The van der Waals surface area contributed by atoms with Crippen molar-refractivity contribution in [3.05, 3.63) is 29.8 Å². The predicted octanol–water partition coefficient (Wildman–Crippen LogP) is 1.73. The van der Waals surface area contributed by atoms with Gasteiger partial charge < -0.3 is 9.84 Å². The molecule has 1 N–H and O–H groups in total. The van der Waals surface area contributed by atoms with Crippen LogP contribution in [0.1, 0.15) is 24.3 Å².